The molecule has 0 fully saturated rings. The summed E-state index contributed by atoms with van der Waals surface area (Å²) in [6, 6.07) is 11.7. The maximum absolute atomic E-state index is 14.2. The summed E-state index contributed by atoms with van der Waals surface area (Å²) in [7, 11) is 1.69. The van der Waals surface area contributed by atoms with E-state index < -0.39 is 5.92 Å². The molecular weight excluding hydrogens is 586 g/mol. The van der Waals surface area contributed by atoms with Gasteiger partial charge in [-0.2, -0.15) is 0 Å². The van der Waals surface area contributed by atoms with E-state index in [1.165, 1.54) is 0 Å². The molecular formula is C38H46ClNO5. The summed E-state index contributed by atoms with van der Waals surface area (Å²) in [5.74, 6) is 0.941. The van der Waals surface area contributed by atoms with Crippen LogP contribution in [-0.2, 0) is 27.4 Å². The number of carbonyl (C=O) groups excluding carboxylic acids is 2. The number of rotatable bonds is 11. The van der Waals surface area contributed by atoms with Gasteiger partial charge in [0, 0.05) is 65.5 Å². The second-order valence-electron chi connectivity index (χ2n) is 14.0. The average molecular weight is 632 g/mol. The lowest BCUT2D eigenvalue weighted by molar-refractivity contribution is -0.119. The number of benzene rings is 2. The van der Waals surface area contributed by atoms with Crippen molar-refractivity contribution in [2.45, 2.75) is 79.2 Å². The molecule has 6 nitrogen and oxygen atoms in total. The molecule has 1 aliphatic heterocycles. The van der Waals surface area contributed by atoms with Crippen molar-refractivity contribution in [3.05, 3.63) is 93.3 Å². The van der Waals surface area contributed by atoms with Crippen LogP contribution in [0.5, 0.6) is 11.5 Å². The number of carbonyl (C=O) groups is 2. The Hall–Kier alpha value is -3.35. The summed E-state index contributed by atoms with van der Waals surface area (Å²) in [5, 5.41) is 0.647. The van der Waals surface area contributed by atoms with Crippen LogP contribution in [-0.4, -0.2) is 43.3 Å². The van der Waals surface area contributed by atoms with Gasteiger partial charge in [0.15, 0.2) is 23.1 Å². The van der Waals surface area contributed by atoms with E-state index in [0.29, 0.717) is 62.1 Å². The van der Waals surface area contributed by atoms with E-state index in [9.17, 15) is 9.59 Å². The predicted molar refractivity (Wildman–Crippen MR) is 179 cm³/mol. The SMILES string of the molecule is C=CCc1cc(C2C3=C(CC(C)(C)CC3=O)N(CCOC)C3=C2C(=O)CC(C)(C)C3)cc(OCC)c1OCc1cccc(Cl)c1. The molecule has 2 aliphatic carbocycles. The molecule has 1 heterocycles. The summed E-state index contributed by atoms with van der Waals surface area (Å²) in [6.45, 7) is 16.4. The molecule has 0 saturated carbocycles. The number of hydrogen-bond donors (Lipinski definition) is 0. The van der Waals surface area contributed by atoms with E-state index in [0.717, 1.165) is 52.1 Å². The van der Waals surface area contributed by atoms with Crippen LogP contribution >= 0.6 is 11.6 Å². The number of allylic oxidation sites excluding steroid dienone is 5. The minimum absolute atomic E-state index is 0.0994. The minimum atomic E-state index is -0.481. The van der Waals surface area contributed by atoms with Gasteiger partial charge in [-0.25, -0.2) is 0 Å². The Bertz CT molecular complexity index is 1510. The first-order chi connectivity index (χ1) is 21.4. The number of ether oxygens (including phenoxy) is 3. The second-order valence-corrected chi connectivity index (χ2v) is 14.5. The third-order valence-corrected chi connectivity index (χ3v) is 9.20. The third kappa shape index (κ3) is 6.92. The normalized spacial score (nSPS) is 19.4. The molecule has 0 amide bonds. The highest BCUT2D eigenvalue weighted by Crippen LogP contribution is 2.55. The van der Waals surface area contributed by atoms with Crippen LogP contribution in [0.3, 0.4) is 0 Å². The van der Waals surface area contributed by atoms with E-state index in [1.807, 2.05) is 43.3 Å². The molecule has 7 heteroatoms. The van der Waals surface area contributed by atoms with Crippen LogP contribution in [0, 0.1) is 10.8 Å². The first-order valence-corrected chi connectivity index (χ1v) is 16.3. The van der Waals surface area contributed by atoms with Gasteiger partial charge in [-0.05, 0) is 66.3 Å². The van der Waals surface area contributed by atoms with Crippen molar-refractivity contribution in [2.24, 2.45) is 10.8 Å². The van der Waals surface area contributed by atoms with Gasteiger partial charge < -0.3 is 19.1 Å². The number of nitrogens with zero attached hydrogens (tertiary/aromatic N) is 1. The Labute approximate surface area is 273 Å². The van der Waals surface area contributed by atoms with Crippen molar-refractivity contribution in [1.82, 2.24) is 4.90 Å². The molecule has 0 N–H and O–H groups in total. The molecule has 3 aliphatic rings. The quantitative estimate of drug-likeness (QED) is 0.232. The zero-order valence-electron chi connectivity index (χ0n) is 27.6. The van der Waals surface area contributed by atoms with Crippen molar-refractivity contribution in [3.8, 4) is 11.5 Å². The van der Waals surface area contributed by atoms with Crippen LogP contribution in [0.15, 0.2) is 71.6 Å². The molecule has 0 radical (unpaired) electrons. The molecule has 45 heavy (non-hydrogen) atoms. The van der Waals surface area contributed by atoms with Gasteiger partial charge in [0.1, 0.15) is 6.61 Å². The van der Waals surface area contributed by atoms with Gasteiger partial charge in [-0.3, -0.25) is 9.59 Å². The Kier molecular flexibility index (Phi) is 9.67. The molecule has 0 bridgehead atoms. The third-order valence-electron chi connectivity index (χ3n) is 8.96. The van der Waals surface area contributed by atoms with Crippen molar-refractivity contribution in [3.63, 3.8) is 0 Å². The topological polar surface area (TPSA) is 65.1 Å². The molecule has 0 saturated heterocycles. The largest absolute Gasteiger partial charge is 0.490 e. The van der Waals surface area contributed by atoms with Gasteiger partial charge in [0.25, 0.3) is 0 Å². The Morgan fingerprint density at radius 3 is 2.16 bits per heavy atom. The van der Waals surface area contributed by atoms with Crippen molar-refractivity contribution < 1.29 is 23.8 Å². The Balaban J connectivity index is 1.71. The van der Waals surface area contributed by atoms with Crippen LogP contribution in [0.2, 0.25) is 5.02 Å². The van der Waals surface area contributed by atoms with Gasteiger partial charge in [-0.15, -0.1) is 6.58 Å². The summed E-state index contributed by atoms with van der Waals surface area (Å²) < 4.78 is 18.2. The zero-order valence-corrected chi connectivity index (χ0v) is 28.3. The number of hydrogen-bond acceptors (Lipinski definition) is 6. The Morgan fingerprint density at radius 2 is 1.60 bits per heavy atom. The number of methoxy groups -OCH3 is 1. The summed E-state index contributed by atoms with van der Waals surface area (Å²) in [4.78, 5) is 30.6. The monoisotopic (exact) mass is 631 g/mol. The fourth-order valence-corrected chi connectivity index (χ4v) is 7.41. The lowest BCUT2D eigenvalue weighted by Gasteiger charge is -2.49. The smallest absolute Gasteiger partial charge is 0.165 e. The molecule has 240 valence electrons. The fourth-order valence-electron chi connectivity index (χ4n) is 7.20. The lowest BCUT2D eigenvalue weighted by atomic mass is 9.63. The van der Waals surface area contributed by atoms with E-state index in [2.05, 4.69) is 45.2 Å². The maximum Gasteiger partial charge on any atom is 0.165 e. The summed E-state index contributed by atoms with van der Waals surface area (Å²) in [6.07, 6.45) is 4.73. The first-order valence-electron chi connectivity index (χ1n) is 15.9. The fraction of sp³-hybridized carbons (Fsp3) is 0.474. The van der Waals surface area contributed by atoms with Crippen LogP contribution < -0.4 is 9.47 Å². The van der Waals surface area contributed by atoms with E-state index in [4.69, 9.17) is 25.8 Å². The summed E-state index contributed by atoms with van der Waals surface area (Å²) in [5.41, 5.74) is 5.83. The standard InChI is InChI=1S/C38H46ClNO5/c1-8-11-25-17-26(18-32(44-9-2)36(25)45-23-24-12-10-13-27(39)16-24)33-34-28(19-37(3,4)21-30(34)41)40(14-15-43-7)29-20-38(5,6)22-31(42)35(29)33/h8,10,12-13,16-18,33H,1,9,11,14-15,19-23H2,2-7H3. The van der Waals surface area contributed by atoms with Crippen molar-refractivity contribution in [2.75, 3.05) is 26.9 Å². The Morgan fingerprint density at radius 1 is 0.956 bits per heavy atom. The first kappa shape index (κ1) is 33.0. The highest BCUT2D eigenvalue weighted by molar-refractivity contribution is 6.30. The highest BCUT2D eigenvalue weighted by Gasteiger charge is 2.49. The number of ketones is 2. The van der Waals surface area contributed by atoms with E-state index >= 15 is 0 Å². The lowest BCUT2D eigenvalue weighted by Crippen LogP contribution is -2.45. The molecule has 5 rings (SSSR count). The molecule has 2 aromatic rings. The zero-order chi connectivity index (χ0) is 32.5. The van der Waals surface area contributed by atoms with Crippen molar-refractivity contribution >= 4 is 23.2 Å². The van der Waals surface area contributed by atoms with Gasteiger partial charge in [-0.1, -0.05) is 63.6 Å². The molecule has 0 atom stereocenters. The van der Waals surface area contributed by atoms with Gasteiger partial charge in [0.2, 0.25) is 0 Å². The van der Waals surface area contributed by atoms with Crippen molar-refractivity contribution in [1.29, 1.82) is 0 Å². The van der Waals surface area contributed by atoms with Gasteiger partial charge in [0.05, 0.1) is 13.2 Å². The molecule has 0 aromatic heterocycles. The highest BCUT2D eigenvalue weighted by atomic mass is 35.5. The van der Waals surface area contributed by atoms with Crippen LogP contribution in [0.1, 0.15) is 82.9 Å². The second kappa shape index (κ2) is 13.2. The van der Waals surface area contributed by atoms with Crippen LogP contribution in [0.4, 0.5) is 0 Å². The van der Waals surface area contributed by atoms with Crippen LogP contribution in [0.25, 0.3) is 0 Å². The van der Waals surface area contributed by atoms with E-state index in [1.54, 1.807) is 7.11 Å². The predicted octanol–water partition coefficient (Wildman–Crippen LogP) is 8.38. The molecule has 2 aromatic carbocycles. The number of Topliss-reactive ketones (excluding diaryl/α,β-unsaturated/α-hetero) is 2. The maximum atomic E-state index is 14.2. The van der Waals surface area contributed by atoms with Gasteiger partial charge >= 0.3 is 0 Å². The minimum Gasteiger partial charge on any atom is -0.490 e. The summed E-state index contributed by atoms with van der Waals surface area (Å²) >= 11 is 6.24. The molecule has 0 spiro atoms. The molecule has 0 unspecified atom stereocenters. The average Bonchev–Trinajstić information content (AvgIpc) is 2.94. The van der Waals surface area contributed by atoms with E-state index in [-0.39, 0.29) is 22.4 Å². The number of halogens is 1.